The van der Waals surface area contributed by atoms with Crippen molar-refractivity contribution in [2.45, 2.75) is 18.2 Å². The highest BCUT2D eigenvalue weighted by atomic mass is 35.5. The first-order chi connectivity index (χ1) is 10.5. The Hall–Kier alpha value is -1.73. The van der Waals surface area contributed by atoms with Crippen LogP contribution in [0.3, 0.4) is 0 Å². The summed E-state index contributed by atoms with van der Waals surface area (Å²) < 4.78 is 12.2. The maximum Gasteiger partial charge on any atom is 0.316 e. The van der Waals surface area contributed by atoms with Crippen molar-refractivity contribution in [3.63, 3.8) is 0 Å². The summed E-state index contributed by atoms with van der Waals surface area (Å²) in [5.41, 5.74) is 0. The molecule has 22 heavy (non-hydrogen) atoms. The van der Waals surface area contributed by atoms with Crippen molar-refractivity contribution in [1.29, 1.82) is 0 Å². The van der Waals surface area contributed by atoms with E-state index in [1.807, 2.05) is 26.1 Å². The average Bonchev–Trinajstić information content (AvgIpc) is 2.86. The summed E-state index contributed by atoms with van der Waals surface area (Å²) in [6.07, 6.45) is -0.302. The third-order valence-electron chi connectivity index (χ3n) is 2.89. The summed E-state index contributed by atoms with van der Waals surface area (Å²) in [6, 6.07) is 7.16. The second kappa shape index (κ2) is 7.51. The monoisotopic (exact) mass is 341 g/mol. The predicted octanol–water partition coefficient (Wildman–Crippen LogP) is 2.87. The topological polar surface area (TPSA) is 66.2 Å². The maximum absolute atomic E-state index is 11.2. The molecular weight excluding hydrogens is 326 g/mol. The van der Waals surface area contributed by atoms with Gasteiger partial charge >= 0.3 is 5.97 Å². The zero-order chi connectivity index (χ0) is 16.1. The van der Waals surface area contributed by atoms with Gasteiger partial charge in [0.05, 0.1) is 12.9 Å². The summed E-state index contributed by atoms with van der Waals surface area (Å²) in [4.78, 5) is 11.2. The van der Waals surface area contributed by atoms with Gasteiger partial charge in [0.1, 0.15) is 5.75 Å². The molecular formula is C14H16ClN3O3S. The largest absolute Gasteiger partial charge is 0.483 e. The third-order valence-corrected chi connectivity index (χ3v) is 4.12. The second-order valence-corrected chi connectivity index (χ2v) is 5.86. The van der Waals surface area contributed by atoms with Crippen LogP contribution < -0.4 is 4.74 Å². The number of methoxy groups -OCH3 is 1. The normalized spacial score (nSPS) is 12.0. The van der Waals surface area contributed by atoms with Gasteiger partial charge in [-0.05, 0) is 25.1 Å². The summed E-state index contributed by atoms with van der Waals surface area (Å²) in [5, 5.41) is 9.42. The van der Waals surface area contributed by atoms with Gasteiger partial charge in [-0.15, -0.1) is 10.2 Å². The summed E-state index contributed by atoms with van der Waals surface area (Å²) in [5.74, 6) is 1.20. The Kier molecular flexibility index (Phi) is 5.68. The minimum atomic E-state index is -0.308. The highest BCUT2D eigenvalue weighted by Gasteiger charge is 2.18. The van der Waals surface area contributed by atoms with Crippen LogP contribution in [0.1, 0.15) is 18.9 Å². The van der Waals surface area contributed by atoms with Gasteiger partial charge in [-0.2, -0.15) is 0 Å². The number of rotatable bonds is 6. The van der Waals surface area contributed by atoms with E-state index in [9.17, 15) is 4.79 Å². The Morgan fingerprint density at radius 2 is 2.23 bits per heavy atom. The van der Waals surface area contributed by atoms with Crippen molar-refractivity contribution in [3.05, 3.63) is 35.1 Å². The van der Waals surface area contributed by atoms with Crippen LogP contribution in [0.25, 0.3) is 0 Å². The Bertz CT molecular complexity index is 663. The van der Waals surface area contributed by atoms with Crippen LogP contribution in [0.4, 0.5) is 0 Å². The van der Waals surface area contributed by atoms with Crippen molar-refractivity contribution >= 4 is 29.3 Å². The molecule has 0 amide bonds. The van der Waals surface area contributed by atoms with Crippen LogP contribution in [-0.4, -0.2) is 33.6 Å². The highest BCUT2D eigenvalue weighted by molar-refractivity contribution is 7.99. The number of hydrogen-bond acceptors (Lipinski definition) is 6. The number of benzene rings is 1. The number of nitrogens with zero attached hydrogens (tertiary/aromatic N) is 3. The second-order valence-electron chi connectivity index (χ2n) is 4.48. The van der Waals surface area contributed by atoms with Crippen molar-refractivity contribution < 1.29 is 14.3 Å². The van der Waals surface area contributed by atoms with Crippen LogP contribution in [0.2, 0.25) is 5.02 Å². The fraction of sp³-hybridized carbons (Fsp3) is 0.357. The van der Waals surface area contributed by atoms with Gasteiger partial charge in [-0.1, -0.05) is 29.4 Å². The molecule has 2 aromatic rings. The number of carbonyl (C=O) groups is 1. The molecule has 0 aliphatic carbocycles. The molecule has 0 aliphatic rings. The molecule has 0 radical (unpaired) electrons. The lowest BCUT2D eigenvalue weighted by atomic mass is 10.3. The lowest BCUT2D eigenvalue weighted by molar-refractivity contribution is -0.137. The maximum atomic E-state index is 11.2. The van der Waals surface area contributed by atoms with Gasteiger partial charge in [0.25, 0.3) is 0 Å². The fourth-order valence-corrected chi connectivity index (χ4v) is 2.72. The van der Waals surface area contributed by atoms with Crippen LogP contribution in [0.5, 0.6) is 5.75 Å². The first-order valence-electron chi connectivity index (χ1n) is 6.52. The number of carbonyl (C=O) groups excluding carboxylic acids is 1. The highest BCUT2D eigenvalue weighted by Crippen LogP contribution is 2.25. The Morgan fingerprint density at radius 3 is 2.91 bits per heavy atom. The van der Waals surface area contributed by atoms with Crippen LogP contribution in [0.15, 0.2) is 29.4 Å². The van der Waals surface area contributed by atoms with Crippen molar-refractivity contribution in [1.82, 2.24) is 14.8 Å². The summed E-state index contributed by atoms with van der Waals surface area (Å²) >= 11 is 7.20. The number of ether oxygens (including phenoxy) is 2. The number of halogens is 1. The van der Waals surface area contributed by atoms with Crippen molar-refractivity contribution in [3.8, 4) is 5.75 Å². The average molecular weight is 342 g/mol. The molecule has 1 unspecified atom stereocenters. The molecule has 1 aromatic carbocycles. The van der Waals surface area contributed by atoms with E-state index >= 15 is 0 Å². The zero-order valence-corrected chi connectivity index (χ0v) is 14.0. The molecule has 1 aromatic heterocycles. The molecule has 0 saturated heterocycles. The van der Waals surface area contributed by atoms with E-state index in [-0.39, 0.29) is 17.8 Å². The van der Waals surface area contributed by atoms with E-state index in [4.69, 9.17) is 16.3 Å². The van der Waals surface area contributed by atoms with E-state index in [2.05, 4.69) is 14.9 Å². The SMILES string of the molecule is COC(=O)CSc1nnc(C(C)Oc2cccc(Cl)c2)n1C. The molecule has 0 N–H and O–H groups in total. The quantitative estimate of drug-likeness (QED) is 0.594. The standard InChI is InChI=1S/C14H16ClN3O3S/c1-9(21-11-6-4-5-10(15)7-11)13-16-17-14(18(13)2)22-8-12(19)20-3/h4-7,9H,8H2,1-3H3. The molecule has 0 fully saturated rings. The Morgan fingerprint density at radius 1 is 1.45 bits per heavy atom. The van der Waals surface area contributed by atoms with Crippen molar-refractivity contribution in [2.75, 3.05) is 12.9 Å². The van der Waals surface area contributed by atoms with Gasteiger partial charge < -0.3 is 14.0 Å². The van der Waals surface area contributed by atoms with E-state index in [0.717, 1.165) is 0 Å². The number of aromatic nitrogens is 3. The van der Waals surface area contributed by atoms with E-state index < -0.39 is 0 Å². The van der Waals surface area contributed by atoms with Gasteiger partial charge in [0.2, 0.25) is 0 Å². The third kappa shape index (κ3) is 4.14. The molecule has 0 aliphatic heterocycles. The summed E-state index contributed by atoms with van der Waals surface area (Å²) in [7, 11) is 3.18. The molecule has 0 bridgehead atoms. The van der Waals surface area contributed by atoms with Gasteiger partial charge in [0, 0.05) is 12.1 Å². The van der Waals surface area contributed by atoms with Gasteiger partial charge in [0.15, 0.2) is 17.1 Å². The van der Waals surface area contributed by atoms with E-state index in [1.165, 1.54) is 18.9 Å². The Labute approximate surface area is 137 Å². The fourth-order valence-electron chi connectivity index (χ4n) is 1.79. The molecule has 118 valence electrons. The zero-order valence-electron chi connectivity index (χ0n) is 12.4. The molecule has 0 spiro atoms. The molecule has 2 rings (SSSR count). The number of hydrogen-bond donors (Lipinski definition) is 0. The lowest BCUT2D eigenvalue weighted by Crippen LogP contribution is -2.10. The number of thioether (sulfide) groups is 1. The Balaban J connectivity index is 2.05. The molecule has 1 atom stereocenters. The van der Waals surface area contributed by atoms with Gasteiger partial charge in [-0.3, -0.25) is 4.79 Å². The first-order valence-corrected chi connectivity index (χ1v) is 7.88. The molecule has 6 nitrogen and oxygen atoms in total. The van der Waals surface area contributed by atoms with Crippen LogP contribution in [-0.2, 0) is 16.6 Å². The summed E-state index contributed by atoms with van der Waals surface area (Å²) in [6.45, 7) is 1.87. The smallest absolute Gasteiger partial charge is 0.316 e. The number of esters is 1. The minimum Gasteiger partial charge on any atom is -0.483 e. The van der Waals surface area contributed by atoms with Crippen LogP contribution in [0, 0.1) is 0 Å². The molecule has 8 heteroatoms. The lowest BCUT2D eigenvalue weighted by Gasteiger charge is -2.14. The van der Waals surface area contributed by atoms with Gasteiger partial charge in [-0.25, -0.2) is 0 Å². The first kappa shape index (κ1) is 16.6. The predicted molar refractivity (Wildman–Crippen MR) is 84.2 cm³/mol. The molecule has 0 saturated carbocycles. The minimum absolute atomic E-state index is 0.187. The molecule has 1 heterocycles. The van der Waals surface area contributed by atoms with Crippen molar-refractivity contribution in [2.24, 2.45) is 7.05 Å². The van der Waals surface area contributed by atoms with Crippen LogP contribution >= 0.6 is 23.4 Å². The van der Waals surface area contributed by atoms with E-state index in [0.29, 0.717) is 21.8 Å². The van der Waals surface area contributed by atoms with E-state index in [1.54, 1.807) is 16.7 Å².